The molecule has 0 saturated carbocycles. The van der Waals surface area contributed by atoms with Crippen molar-refractivity contribution in [2.24, 2.45) is 0 Å². The van der Waals surface area contributed by atoms with Gasteiger partial charge in [-0.2, -0.15) is 5.10 Å². The molecule has 2 heterocycles. The quantitative estimate of drug-likeness (QED) is 0.914. The molecule has 1 aromatic carbocycles. The van der Waals surface area contributed by atoms with Crippen LogP contribution in [0.2, 0.25) is 0 Å². The highest BCUT2D eigenvalue weighted by atomic mass is 15.3. The van der Waals surface area contributed by atoms with Crippen molar-refractivity contribution < 1.29 is 0 Å². The Morgan fingerprint density at radius 3 is 3.16 bits per heavy atom. The second-order valence-electron chi connectivity index (χ2n) is 5.14. The lowest BCUT2D eigenvalue weighted by molar-refractivity contribution is 0.535. The first-order valence-electron chi connectivity index (χ1n) is 7.08. The third kappa shape index (κ3) is 2.62. The Morgan fingerprint density at radius 2 is 2.26 bits per heavy atom. The standard InChI is InChI=1S/C15H20N4/c1-2-9-19-15(16-11-17-19)10-13-8-7-12-5-3-4-6-14(12)18-13/h3-6,11,13,18H,2,7-10H2,1H3. The van der Waals surface area contributed by atoms with Crippen LogP contribution in [0.4, 0.5) is 5.69 Å². The summed E-state index contributed by atoms with van der Waals surface area (Å²) in [4.78, 5) is 4.40. The first-order chi connectivity index (χ1) is 9.36. The lowest BCUT2D eigenvalue weighted by atomic mass is 9.96. The minimum Gasteiger partial charge on any atom is -0.382 e. The molecule has 4 heteroatoms. The summed E-state index contributed by atoms with van der Waals surface area (Å²) in [5, 5.41) is 7.92. The number of nitrogens with zero attached hydrogens (tertiary/aromatic N) is 3. The van der Waals surface area contributed by atoms with E-state index in [2.05, 4.69) is 46.6 Å². The van der Waals surface area contributed by atoms with Crippen LogP contribution in [0.3, 0.4) is 0 Å². The van der Waals surface area contributed by atoms with E-state index >= 15 is 0 Å². The predicted molar refractivity (Wildman–Crippen MR) is 76.2 cm³/mol. The summed E-state index contributed by atoms with van der Waals surface area (Å²) < 4.78 is 2.03. The van der Waals surface area contributed by atoms with E-state index in [9.17, 15) is 0 Å². The van der Waals surface area contributed by atoms with Crippen LogP contribution in [0.1, 0.15) is 31.2 Å². The van der Waals surface area contributed by atoms with Gasteiger partial charge in [-0.1, -0.05) is 25.1 Å². The van der Waals surface area contributed by atoms with Crippen LogP contribution in [0.5, 0.6) is 0 Å². The van der Waals surface area contributed by atoms with Crippen LogP contribution in [0.25, 0.3) is 0 Å². The van der Waals surface area contributed by atoms with Crippen molar-refractivity contribution in [1.82, 2.24) is 14.8 Å². The molecule has 3 rings (SSSR count). The average Bonchev–Trinajstić information content (AvgIpc) is 2.86. The molecule has 4 nitrogen and oxygen atoms in total. The Labute approximate surface area is 113 Å². The second-order valence-corrected chi connectivity index (χ2v) is 5.14. The normalized spacial score (nSPS) is 17.8. The van der Waals surface area contributed by atoms with Gasteiger partial charge in [-0.05, 0) is 30.9 Å². The van der Waals surface area contributed by atoms with Crippen molar-refractivity contribution in [3.8, 4) is 0 Å². The third-order valence-electron chi connectivity index (χ3n) is 3.70. The summed E-state index contributed by atoms with van der Waals surface area (Å²) in [7, 11) is 0. The number of rotatable bonds is 4. The molecule has 0 radical (unpaired) electrons. The Bertz CT molecular complexity index is 547. The number of fused-ring (bicyclic) bond motifs is 1. The van der Waals surface area contributed by atoms with Crippen molar-refractivity contribution in [3.63, 3.8) is 0 Å². The summed E-state index contributed by atoms with van der Waals surface area (Å²) in [5.74, 6) is 1.10. The summed E-state index contributed by atoms with van der Waals surface area (Å²) in [6.45, 7) is 3.12. The van der Waals surface area contributed by atoms with E-state index in [0.29, 0.717) is 6.04 Å². The lowest BCUT2D eigenvalue weighted by Crippen LogP contribution is -2.29. The molecule has 1 unspecified atom stereocenters. The van der Waals surface area contributed by atoms with Crippen LogP contribution in [0.15, 0.2) is 30.6 Å². The number of hydrogen-bond donors (Lipinski definition) is 1. The molecule has 0 bridgehead atoms. The highest BCUT2D eigenvalue weighted by Gasteiger charge is 2.19. The molecule has 1 atom stereocenters. The van der Waals surface area contributed by atoms with Gasteiger partial charge in [0.25, 0.3) is 0 Å². The fourth-order valence-corrected chi connectivity index (χ4v) is 2.72. The van der Waals surface area contributed by atoms with Crippen molar-refractivity contribution in [2.45, 2.75) is 45.2 Å². The zero-order valence-electron chi connectivity index (χ0n) is 11.3. The van der Waals surface area contributed by atoms with Crippen LogP contribution in [0, 0.1) is 0 Å². The lowest BCUT2D eigenvalue weighted by Gasteiger charge is -2.26. The summed E-state index contributed by atoms with van der Waals surface area (Å²) in [5.41, 5.74) is 2.70. The number of aryl methyl sites for hydroxylation is 2. The molecule has 2 aromatic rings. The van der Waals surface area contributed by atoms with Gasteiger partial charge in [0.05, 0.1) is 0 Å². The van der Waals surface area contributed by atoms with E-state index in [-0.39, 0.29) is 0 Å². The molecule has 1 N–H and O–H groups in total. The summed E-state index contributed by atoms with van der Waals surface area (Å²) in [6.07, 6.45) is 6.03. The Hall–Kier alpha value is -1.84. The molecular formula is C15H20N4. The molecule has 0 saturated heterocycles. The molecule has 0 aliphatic carbocycles. The van der Waals surface area contributed by atoms with Gasteiger partial charge < -0.3 is 5.32 Å². The second kappa shape index (κ2) is 5.43. The average molecular weight is 256 g/mol. The molecule has 0 spiro atoms. The molecule has 100 valence electrons. The van der Waals surface area contributed by atoms with Crippen molar-refractivity contribution in [1.29, 1.82) is 0 Å². The number of benzene rings is 1. The first kappa shape index (κ1) is 12.2. The van der Waals surface area contributed by atoms with E-state index in [1.165, 1.54) is 11.3 Å². The van der Waals surface area contributed by atoms with E-state index in [0.717, 1.165) is 38.1 Å². The van der Waals surface area contributed by atoms with Crippen LogP contribution in [-0.4, -0.2) is 20.8 Å². The summed E-state index contributed by atoms with van der Waals surface area (Å²) in [6, 6.07) is 9.04. The minimum atomic E-state index is 0.467. The zero-order chi connectivity index (χ0) is 13.1. The number of anilines is 1. The van der Waals surface area contributed by atoms with Gasteiger partial charge >= 0.3 is 0 Å². The SMILES string of the molecule is CCCn1ncnc1CC1CCc2ccccc2N1. The fraction of sp³-hybridized carbons (Fsp3) is 0.467. The maximum atomic E-state index is 4.40. The van der Waals surface area contributed by atoms with Gasteiger partial charge in [-0.15, -0.1) is 0 Å². The van der Waals surface area contributed by atoms with Crippen LogP contribution in [-0.2, 0) is 19.4 Å². The largest absolute Gasteiger partial charge is 0.382 e. The smallest absolute Gasteiger partial charge is 0.138 e. The minimum absolute atomic E-state index is 0.467. The van der Waals surface area contributed by atoms with Gasteiger partial charge in [0.1, 0.15) is 12.2 Å². The Balaban J connectivity index is 1.70. The van der Waals surface area contributed by atoms with Gasteiger partial charge in [-0.3, -0.25) is 4.68 Å². The number of nitrogens with one attached hydrogen (secondary N) is 1. The van der Waals surface area contributed by atoms with E-state index in [4.69, 9.17) is 0 Å². The van der Waals surface area contributed by atoms with E-state index in [1.54, 1.807) is 6.33 Å². The van der Waals surface area contributed by atoms with Crippen molar-refractivity contribution in [2.75, 3.05) is 5.32 Å². The van der Waals surface area contributed by atoms with Gasteiger partial charge in [0.2, 0.25) is 0 Å². The molecule has 1 aromatic heterocycles. The van der Waals surface area contributed by atoms with Crippen molar-refractivity contribution >= 4 is 5.69 Å². The van der Waals surface area contributed by atoms with Crippen molar-refractivity contribution in [3.05, 3.63) is 42.0 Å². The summed E-state index contributed by atoms with van der Waals surface area (Å²) >= 11 is 0. The fourth-order valence-electron chi connectivity index (χ4n) is 2.72. The van der Waals surface area contributed by atoms with E-state index in [1.807, 2.05) is 4.68 Å². The molecule has 0 fully saturated rings. The molecule has 0 amide bonds. The molecular weight excluding hydrogens is 236 g/mol. The maximum absolute atomic E-state index is 4.40. The predicted octanol–water partition coefficient (Wildman–Crippen LogP) is 2.66. The molecule has 1 aliphatic rings. The van der Waals surface area contributed by atoms with Crippen LogP contribution >= 0.6 is 0 Å². The van der Waals surface area contributed by atoms with E-state index < -0.39 is 0 Å². The monoisotopic (exact) mass is 256 g/mol. The number of para-hydroxylation sites is 1. The maximum Gasteiger partial charge on any atom is 0.138 e. The zero-order valence-corrected chi connectivity index (χ0v) is 11.3. The van der Waals surface area contributed by atoms with Gasteiger partial charge in [0.15, 0.2) is 0 Å². The van der Waals surface area contributed by atoms with Gasteiger partial charge in [-0.25, -0.2) is 4.98 Å². The number of hydrogen-bond acceptors (Lipinski definition) is 3. The number of aromatic nitrogens is 3. The molecule has 19 heavy (non-hydrogen) atoms. The highest BCUT2D eigenvalue weighted by molar-refractivity contribution is 5.53. The topological polar surface area (TPSA) is 42.7 Å². The molecule has 1 aliphatic heterocycles. The third-order valence-corrected chi connectivity index (χ3v) is 3.70. The van der Waals surface area contributed by atoms with Crippen LogP contribution < -0.4 is 5.32 Å². The Kier molecular flexibility index (Phi) is 3.49. The first-order valence-corrected chi connectivity index (χ1v) is 7.08. The van der Waals surface area contributed by atoms with Gasteiger partial charge in [0, 0.05) is 24.7 Å². The Morgan fingerprint density at radius 1 is 1.37 bits per heavy atom. The highest BCUT2D eigenvalue weighted by Crippen LogP contribution is 2.25.